The monoisotopic (exact) mass is 444 g/mol. The molecule has 1 aliphatic heterocycles. The number of halogens is 1. The van der Waals surface area contributed by atoms with Gasteiger partial charge in [-0.2, -0.15) is 0 Å². The third-order valence-corrected chi connectivity index (χ3v) is 6.43. The Hall–Kier alpha value is -3.67. The van der Waals surface area contributed by atoms with E-state index >= 15 is 0 Å². The summed E-state index contributed by atoms with van der Waals surface area (Å²) in [6.07, 6.45) is 2.32. The zero-order valence-corrected chi connectivity index (χ0v) is 18.4. The first-order chi connectivity index (χ1) is 16.0. The van der Waals surface area contributed by atoms with Crippen LogP contribution < -0.4 is 10.1 Å². The van der Waals surface area contributed by atoms with Crippen molar-refractivity contribution < 1.29 is 18.7 Å². The van der Waals surface area contributed by atoms with Crippen LogP contribution >= 0.6 is 0 Å². The second kappa shape index (κ2) is 8.70. The fourth-order valence-electron chi connectivity index (χ4n) is 4.79. The molecule has 1 aliphatic carbocycles. The number of anilines is 1. The summed E-state index contributed by atoms with van der Waals surface area (Å²) >= 11 is 0. The van der Waals surface area contributed by atoms with Gasteiger partial charge in [0.25, 0.3) is 11.8 Å². The number of nitrogens with zero attached hydrogens (tertiary/aromatic N) is 1. The predicted molar refractivity (Wildman–Crippen MR) is 124 cm³/mol. The Kier molecular flexibility index (Phi) is 5.58. The zero-order valence-electron chi connectivity index (χ0n) is 18.4. The van der Waals surface area contributed by atoms with Gasteiger partial charge in [-0.1, -0.05) is 36.4 Å². The van der Waals surface area contributed by atoms with Crippen LogP contribution in [0.4, 0.5) is 10.1 Å². The van der Waals surface area contributed by atoms with E-state index < -0.39 is 17.8 Å². The van der Waals surface area contributed by atoms with E-state index in [1.165, 1.54) is 23.3 Å². The minimum absolute atomic E-state index is 0.0175. The van der Waals surface area contributed by atoms with Crippen molar-refractivity contribution in [2.75, 3.05) is 5.32 Å². The van der Waals surface area contributed by atoms with E-state index in [9.17, 15) is 14.0 Å². The Balaban J connectivity index is 1.45. The third-order valence-electron chi connectivity index (χ3n) is 6.43. The molecule has 0 bridgehead atoms. The molecule has 3 aromatic rings. The second-order valence-electron chi connectivity index (χ2n) is 8.59. The fourth-order valence-corrected chi connectivity index (χ4v) is 4.79. The fraction of sp³-hybridized carbons (Fsp3) is 0.259. The van der Waals surface area contributed by atoms with E-state index in [0.717, 1.165) is 24.8 Å². The van der Waals surface area contributed by atoms with E-state index in [-0.39, 0.29) is 17.5 Å². The van der Waals surface area contributed by atoms with Crippen LogP contribution in [0.3, 0.4) is 0 Å². The summed E-state index contributed by atoms with van der Waals surface area (Å²) in [4.78, 5) is 27.8. The molecule has 0 saturated carbocycles. The lowest BCUT2D eigenvalue weighted by molar-refractivity contribution is -0.140. The van der Waals surface area contributed by atoms with Gasteiger partial charge in [-0.15, -0.1) is 0 Å². The Labute approximate surface area is 192 Å². The van der Waals surface area contributed by atoms with E-state index in [1.54, 1.807) is 37.3 Å². The highest BCUT2D eigenvalue weighted by Gasteiger charge is 2.35. The Morgan fingerprint density at radius 1 is 1.06 bits per heavy atom. The Morgan fingerprint density at radius 2 is 1.85 bits per heavy atom. The Morgan fingerprint density at radius 3 is 2.70 bits per heavy atom. The van der Waals surface area contributed by atoms with E-state index in [1.807, 2.05) is 17.0 Å². The van der Waals surface area contributed by atoms with Crippen molar-refractivity contribution in [2.45, 2.75) is 44.9 Å². The normalized spacial score (nSPS) is 19.7. The quantitative estimate of drug-likeness (QED) is 0.599. The van der Waals surface area contributed by atoms with E-state index in [4.69, 9.17) is 4.74 Å². The van der Waals surface area contributed by atoms with Gasteiger partial charge in [-0.05, 0) is 67.6 Å². The lowest BCUT2D eigenvalue weighted by Crippen LogP contribution is -2.41. The molecule has 6 heteroatoms. The average Bonchev–Trinajstić information content (AvgIpc) is 2.95. The van der Waals surface area contributed by atoms with Crippen LogP contribution in [0.25, 0.3) is 0 Å². The van der Waals surface area contributed by atoms with Crippen molar-refractivity contribution >= 4 is 17.5 Å². The molecular formula is C27H25FN2O3. The van der Waals surface area contributed by atoms with Gasteiger partial charge in [-0.3, -0.25) is 9.59 Å². The summed E-state index contributed by atoms with van der Waals surface area (Å²) in [5.41, 5.74) is 3.79. The average molecular weight is 445 g/mol. The number of carbonyl (C=O) groups excluding carboxylic acids is 2. The molecule has 0 spiro atoms. The smallest absolute Gasteiger partial charge is 0.264 e. The van der Waals surface area contributed by atoms with Gasteiger partial charge in [0.1, 0.15) is 11.6 Å². The van der Waals surface area contributed by atoms with Gasteiger partial charge in [0, 0.05) is 11.3 Å². The van der Waals surface area contributed by atoms with Crippen LogP contribution in [-0.4, -0.2) is 22.8 Å². The molecule has 0 saturated heterocycles. The third kappa shape index (κ3) is 4.09. The molecule has 3 aromatic carbocycles. The lowest BCUT2D eigenvalue weighted by atomic mass is 9.86. The molecule has 1 heterocycles. The van der Waals surface area contributed by atoms with Gasteiger partial charge >= 0.3 is 0 Å². The number of ether oxygens (including phenoxy) is 1. The summed E-state index contributed by atoms with van der Waals surface area (Å²) in [5.74, 6) is -0.532. The molecule has 0 fully saturated rings. The van der Waals surface area contributed by atoms with Gasteiger partial charge < -0.3 is 15.0 Å². The topological polar surface area (TPSA) is 58.6 Å². The lowest BCUT2D eigenvalue weighted by Gasteiger charge is -2.35. The van der Waals surface area contributed by atoms with Gasteiger partial charge in [0.2, 0.25) is 0 Å². The van der Waals surface area contributed by atoms with Crippen LogP contribution in [-0.2, 0) is 17.8 Å². The summed E-state index contributed by atoms with van der Waals surface area (Å²) in [6, 6.07) is 19.4. The number of fused-ring (bicyclic) bond motifs is 2. The highest BCUT2D eigenvalue weighted by Crippen LogP contribution is 2.38. The number of carbonyl (C=O) groups is 2. The molecule has 5 nitrogen and oxygen atoms in total. The molecule has 2 atom stereocenters. The number of hydrogen-bond acceptors (Lipinski definition) is 3. The van der Waals surface area contributed by atoms with Crippen molar-refractivity contribution in [2.24, 2.45) is 0 Å². The van der Waals surface area contributed by atoms with Crippen LogP contribution in [0.2, 0.25) is 0 Å². The van der Waals surface area contributed by atoms with Crippen molar-refractivity contribution in [3.05, 3.63) is 94.8 Å². The first kappa shape index (κ1) is 21.2. The molecular weight excluding hydrogens is 419 g/mol. The summed E-state index contributed by atoms with van der Waals surface area (Å²) in [5, 5.41) is 2.76. The summed E-state index contributed by atoms with van der Waals surface area (Å²) in [6.45, 7) is 2.15. The maximum absolute atomic E-state index is 14.0. The summed E-state index contributed by atoms with van der Waals surface area (Å²) in [7, 11) is 0. The minimum Gasteiger partial charge on any atom is -0.481 e. The molecule has 0 aromatic heterocycles. The van der Waals surface area contributed by atoms with Crippen LogP contribution in [0.5, 0.6) is 5.75 Å². The highest BCUT2D eigenvalue weighted by atomic mass is 19.1. The number of aryl methyl sites for hydroxylation is 1. The van der Waals surface area contributed by atoms with Crippen LogP contribution in [0.15, 0.2) is 66.7 Å². The molecule has 168 valence electrons. The van der Waals surface area contributed by atoms with Crippen molar-refractivity contribution in [3.63, 3.8) is 0 Å². The largest absolute Gasteiger partial charge is 0.481 e. The maximum atomic E-state index is 14.0. The number of nitrogens with one attached hydrogen (secondary N) is 1. The van der Waals surface area contributed by atoms with Crippen LogP contribution in [0, 0.1) is 5.82 Å². The maximum Gasteiger partial charge on any atom is 0.264 e. The predicted octanol–water partition coefficient (Wildman–Crippen LogP) is 5.27. The SMILES string of the molecule is C[C@H]1Oc2ccc(NC(=O)c3ccccc3F)cc2CN([C@H]2CCCc3ccccc32)C1=O. The first-order valence-corrected chi connectivity index (χ1v) is 11.2. The molecule has 2 aliphatic rings. The number of amides is 2. The molecule has 5 rings (SSSR count). The molecule has 0 radical (unpaired) electrons. The van der Waals surface area contributed by atoms with Crippen molar-refractivity contribution in [3.8, 4) is 5.75 Å². The Bertz CT molecular complexity index is 1230. The van der Waals surface area contributed by atoms with E-state index in [0.29, 0.717) is 18.0 Å². The van der Waals surface area contributed by atoms with Crippen molar-refractivity contribution in [1.29, 1.82) is 0 Å². The number of hydrogen-bond donors (Lipinski definition) is 1. The molecule has 0 unspecified atom stereocenters. The molecule has 1 N–H and O–H groups in total. The number of rotatable bonds is 3. The second-order valence-corrected chi connectivity index (χ2v) is 8.59. The van der Waals surface area contributed by atoms with Crippen molar-refractivity contribution in [1.82, 2.24) is 4.90 Å². The van der Waals surface area contributed by atoms with Gasteiger partial charge in [0.05, 0.1) is 18.2 Å². The van der Waals surface area contributed by atoms with Gasteiger partial charge in [0.15, 0.2) is 6.10 Å². The highest BCUT2D eigenvalue weighted by molar-refractivity contribution is 6.04. The van der Waals surface area contributed by atoms with Crippen LogP contribution in [0.1, 0.15) is 52.9 Å². The minimum atomic E-state index is -0.612. The van der Waals surface area contributed by atoms with Gasteiger partial charge in [-0.25, -0.2) is 4.39 Å². The first-order valence-electron chi connectivity index (χ1n) is 11.2. The number of benzene rings is 3. The zero-order chi connectivity index (χ0) is 22.9. The molecule has 2 amide bonds. The van der Waals surface area contributed by atoms with E-state index in [2.05, 4.69) is 17.4 Å². The summed E-state index contributed by atoms with van der Waals surface area (Å²) < 4.78 is 20.0. The molecule has 33 heavy (non-hydrogen) atoms. The standard InChI is InChI=1S/C27H25FN2O3/c1-17-27(32)30(24-12-6-8-18-7-2-3-9-21(18)24)16-19-15-20(13-14-25(19)33-17)29-26(31)22-10-4-5-11-23(22)28/h2-5,7,9-11,13-15,17,24H,6,8,12,16H2,1H3,(H,29,31)/t17-,24+/m1/s1.